The fourth-order valence-electron chi connectivity index (χ4n) is 2.09. The van der Waals surface area contributed by atoms with Gasteiger partial charge >= 0.3 is 0 Å². The van der Waals surface area contributed by atoms with Crippen molar-refractivity contribution in [1.82, 2.24) is 4.72 Å². The van der Waals surface area contributed by atoms with Gasteiger partial charge in [-0.1, -0.05) is 57.2 Å². The molecule has 20 heavy (non-hydrogen) atoms. The van der Waals surface area contributed by atoms with E-state index in [1.807, 2.05) is 0 Å². The Morgan fingerprint density at radius 1 is 1.05 bits per heavy atom. The predicted octanol–water partition coefficient (Wildman–Crippen LogP) is 2.82. The number of benzene rings is 1. The molecule has 1 rings (SSSR count). The summed E-state index contributed by atoms with van der Waals surface area (Å²) in [5.74, 6) is 0. The molecule has 0 aliphatic rings. The lowest BCUT2D eigenvalue weighted by molar-refractivity contribution is 0.278. The second-order valence-electron chi connectivity index (χ2n) is 4.93. The van der Waals surface area contributed by atoms with E-state index in [-0.39, 0.29) is 11.5 Å². The third-order valence-electron chi connectivity index (χ3n) is 3.25. The van der Waals surface area contributed by atoms with Gasteiger partial charge in [0, 0.05) is 6.54 Å². The van der Waals surface area contributed by atoms with Crippen LogP contribution < -0.4 is 4.72 Å². The number of nitrogens with one attached hydrogen (secondary N) is 1. The highest BCUT2D eigenvalue weighted by molar-refractivity contribution is 7.89. The number of sulfonamides is 1. The maximum atomic E-state index is 12.1. The molecule has 0 spiro atoms. The first-order valence-corrected chi connectivity index (χ1v) is 8.78. The largest absolute Gasteiger partial charge is 0.392 e. The maximum Gasteiger partial charge on any atom is 0.240 e. The van der Waals surface area contributed by atoms with Crippen molar-refractivity contribution < 1.29 is 13.5 Å². The Bertz CT molecular complexity index is 486. The zero-order valence-electron chi connectivity index (χ0n) is 12.1. The molecule has 0 aliphatic carbocycles. The summed E-state index contributed by atoms with van der Waals surface area (Å²) < 4.78 is 26.9. The van der Waals surface area contributed by atoms with Gasteiger partial charge in [0.15, 0.2) is 0 Å². The van der Waals surface area contributed by atoms with Crippen LogP contribution in [0.25, 0.3) is 0 Å². The molecule has 0 radical (unpaired) electrons. The first kappa shape index (κ1) is 17.1. The highest BCUT2D eigenvalue weighted by atomic mass is 32.2. The Labute approximate surface area is 122 Å². The number of hydrogen-bond donors (Lipinski definition) is 2. The fraction of sp³-hybridized carbons (Fsp3) is 0.600. The van der Waals surface area contributed by atoms with Gasteiger partial charge in [0.1, 0.15) is 0 Å². The van der Waals surface area contributed by atoms with Crippen LogP contribution in [0, 0.1) is 0 Å². The second-order valence-corrected chi connectivity index (χ2v) is 6.67. The molecular weight excluding hydrogens is 274 g/mol. The Hall–Kier alpha value is -0.910. The second kappa shape index (κ2) is 9.10. The molecule has 0 saturated heterocycles. The van der Waals surface area contributed by atoms with E-state index in [0.717, 1.165) is 19.3 Å². The van der Waals surface area contributed by atoms with Gasteiger partial charge < -0.3 is 5.11 Å². The molecule has 114 valence electrons. The molecule has 0 amide bonds. The van der Waals surface area contributed by atoms with Crippen LogP contribution in [-0.2, 0) is 16.6 Å². The van der Waals surface area contributed by atoms with Crippen LogP contribution in [0.4, 0.5) is 0 Å². The Morgan fingerprint density at radius 3 is 2.40 bits per heavy atom. The molecule has 1 aromatic carbocycles. The van der Waals surface area contributed by atoms with Gasteiger partial charge in [-0.3, -0.25) is 0 Å². The number of unbranched alkanes of at least 4 members (excludes halogenated alkanes) is 5. The van der Waals surface area contributed by atoms with Gasteiger partial charge in [0.25, 0.3) is 0 Å². The highest BCUT2D eigenvalue weighted by Crippen LogP contribution is 2.15. The highest BCUT2D eigenvalue weighted by Gasteiger charge is 2.16. The lowest BCUT2D eigenvalue weighted by Crippen LogP contribution is -2.25. The smallest absolute Gasteiger partial charge is 0.240 e. The van der Waals surface area contributed by atoms with Crippen molar-refractivity contribution in [1.29, 1.82) is 0 Å². The van der Waals surface area contributed by atoms with E-state index in [9.17, 15) is 13.5 Å². The van der Waals surface area contributed by atoms with Crippen molar-refractivity contribution in [2.24, 2.45) is 0 Å². The molecule has 5 heteroatoms. The maximum absolute atomic E-state index is 12.1. The Morgan fingerprint density at radius 2 is 1.70 bits per heavy atom. The molecule has 1 aromatic rings. The minimum Gasteiger partial charge on any atom is -0.392 e. The topological polar surface area (TPSA) is 66.4 Å². The summed E-state index contributed by atoms with van der Waals surface area (Å²) in [4.78, 5) is 0.175. The molecule has 0 aromatic heterocycles. The molecule has 4 nitrogen and oxygen atoms in total. The number of aliphatic hydroxyl groups is 1. The molecule has 0 saturated carbocycles. The predicted molar refractivity (Wildman–Crippen MR) is 80.9 cm³/mol. The van der Waals surface area contributed by atoms with Crippen LogP contribution in [0.2, 0.25) is 0 Å². The van der Waals surface area contributed by atoms with E-state index in [2.05, 4.69) is 11.6 Å². The first-order chi connectivity index (χ1) is 9.61. The molecule has 0 unspecified atom stereocenters. The quantitative estimate of drug-likeness (QED) is 0.653. The van der Waals surface area contributed by atoms with Crippen molar-refractivity contribution in [3.63, 3.8) is 0 Å². The van der Waals surface area contributed by atoms with E-state index >= 15 is 0 Å². The summed E-state index contributed by atoms with van der Waals surface area (Å²) >= 11 is 0. The van der Waals surface area contributed by atoms with E-state index < -0.39 is 10.0 Å². The van der Waals surface area contributed by atoms with Crippen molar-refractivity contribution >= 4 is 10.0 Å². The van der Waals surface area contributed by atoms with Crippen LogP contribution >= 0.6 is 0 Å². The summed E-state index contributed by atoms with van der Waals surface area (Å²) in [5, 5.41) is 9.18. The molecule has 0 bridgehead atoms. The SMILES string of the molecule is CCCCCCCCNS(=O)(=O)c1ccccc1CO. The lowest BCUT2D eigenvalue weighted by Gasteiger charge is -2.10. The average molecular weight is 299 g/mol. The summed E-state index contributed by atoms with van der Waals surface area (Å²) in [6.45, 7) is 2.36. The minimum absolute atomic E-state index is 0.175. The molecule has 2 N–H and O–H groups in total. The monoisotopic (exact) mass is 299 g/mol. The molecule has 0 heterocycles. The van der Waals surface area contributed by atoms with Crippen molar-refractivity contribution in [2.75, 3.05) is 6.54 Å². The number of rotatable bonds is 10. The lowest BCUT2D eigenvalue weighted by atomic mass is 10.1. The van der Waals surface area contributed by atoms with E-state index in [4.69, 9.17) is 0 Å². The zero-order chi connectivity index (χ0) is 14.8. The van der Waals surface area contributed by atoms with Gasteiger partial charge in [-0.2, -0.15) is 0 Å². The summed E-state index contributed by atoms with van der Waals surface area (Å²) in [6, 6.07) is 6.53. The molecule has 0 atom stereocenters. The van der Waals surface area contributed by atoms with Crippen molar-refractivity contribution in [2.45, 2.75) is 57.0 Å². The summed E-state index contributed by atoms with van der Waals surface area (Å²) in [5.41, 5.74) is 0.433. The van der Waals surface area contributed by atoms with Crippen LogP contribution in [0.3, 0.4) is 0 Å². The van der Waals surface area contributed by atoms with Crippen LogP contribution in [-0.4, -0.2) is 20.1 Å². The third-order valence-corrected chi connectivity index (χ3v) is 4.82. The number of aliphatic hydroxyl groups excluding tert-OH is 1. The summed E-state index contributed by atoms with van der Waals surface area (Å²) in [6.07, 6.45) is 6.73. The van der Waals surface area contributed by atoms with Gasteiger partial charge in [-0.05, 0) is 18.1 Å². The number of hydrogen-bond acceptors (Lipinski definition) is 3. The van der Waals surface area contributed by atoms with Crippen molar-refractivity contribution in [3.05, 3.63) is 29.8 Å². The Kier molecular flexibility index (Phi) is 7.80. The van der Waals surface area contributed by atoms with Gasteiger partial charge in [0.2, 0.25) is 10.0 Å². The summed E-state index contributed by atoms with van der Waals surface area (Å²) in [7, 11) is -3.51. The fourth-order valence-corrected chi connectivity index (χ4v) is 3.39. The van der Waals surface area contributed by atoms with E-state index in [1.54, 1.807) is 18.2 Å². The van der Waals surface area contributed by atoms with E-state index in [1.165, 1.54) is 25.3 Å². The average Bonchev–Trinajstić information content (AvgIpc) is 2.46. The zero-order valence-corrected chi connectivity index (χ0v) is 13.0. The van der Waals surface area contributed by atoms with Crippen molar-refractivity contribution in [3.8, 4) is 0 Å². The van der Waals surface area contributed by atoms with Gasteiger partial charge in [-0.25, -0.2) is 13.1 Å². The third kappa shape index (κ3) is 5.61. The van der Waals surface area contributed by atoms with Crippen LogP contribution in [0.1, 0.15) is 51.0 Å². The van der Waals surface area contributed by atoms with Crippen LogP contribution in [0.5, 0.6) is 0 Å². The normalized spacial score (nSPS) is 11.7. The van der Waals surface area contributed by atoms with Crippen LogP contribution in [0.15, 0.2) is 29.2 Å². The Balaban J connectivity index is 2.42. The minimum atomic E-state index is -3.51. The first-order valence-electron chi connectivity index (χ1n) is 7.30. The standard InChI is InChI=1S/C15H25NO3S/c1-2-3-4-5-6-9-12-16-20(18,19)15-11-8-7-10-14(15)13-17/h7-8,10-11,16-17H,2-6,9,12-13H2,1H3. The molecule has 0 fully saturated rings. The van der Waals surface area contributed by atoms with Gasteiger partial charge in [-0.15, -0.1) is 0 Å². The van der Waals surface area contributed by atoms with Gasteiger partial charge in [0.05, 0.1) is 11.5 Å². The molecule has 0 aliphatic heterocycles. The van der Waals surface area contributed by atoms with E-state index in [0.29, 0.717) is 12.1 Å². The molecular formula is C15H25NO3S.